The van der Waals surface area contributed by atoms with Gasteiger partial charge in [0.15, 0.2) is 0 Å². The number of thiazole rings is 1. The van der Waals surface area contributed by atoms with Gasteiger partial charge in [-0.05, 0) is 24.5 Å². The first kappa shape index (κ1) is 13.1. The Hall–Kier alpha value is -1.88. The Labute approximate surface area is 122 Å². The number of fused-ring (bicyclic) bond motifs is 1. The average Bonchev–Trinajstić information content (AvgIpc) is 2.90. The normalized spacial score (nSPS) is 13.9. The number of aryl methyl sites for hydroxylation is 1. The van der Waals surface area contributed by atoms with E-state index in [1.54, 1.807) is 4.90 Å². The van der Waals surface area contributed by atoms with Crippen molar-refractivity contribution < 1.29 is 9.53 Å². The number of hydrogen-bond donors (Lipinski definition) is 0. The van der Waals surface area contributed by atoms with Crippen molar-refractivity contribution in [2.24, 2.45) is 0 Å². The molecule has 0 N–H and O–H groups in total. The lowest BCUT2D eigenvalue weighted by molar-refractivity contribution is 0.0917. The fourth-order valence-electron chi connectivity index (χ4n) is 2.34. The van der Waals surface area contributed by atoms with Crippen LogP contribution in [0.15, 0.2) is 29.6 Å². The van der Waals surface area contributed by atoms with E-state index in [9.17, 15) is 4.79 Å². The number of hydrogen-bond acceptors (Lipinski definition) is 4. The highest BCUT2D eigenvalue weighted by Crippen LogP contribution is 2.19. The average molecular weight is 288 g/mol. The Morgan fingerprint density at radius 1 is 1.40 bits per heavy atom. The largest absolute Gasteiger partial charge is 0.442 e. The first-order valence-electron chi connectivity index (χ1n) is 6.62. The Morgan fingerprint density at radius 2 is 2.20 bits per heavy atom. The minimum absolute atomic E-state index is 0.257. The molecule has 0 saturated carbocycles. The minimum Gasteiger partial charge on any atom is -0.442 e. The third-order valence-electron chi connectivity index (χ3n) is 3.37. The van der Waals surface area contributed by atoms with Gasteiger partial charge in [0, 0.05) is 24.2 Å². The predicted octanol–water partition coefficient (Wildman–Crippen LogP) is 3.15. The molecular formula is C15H16N2O2S. The van der Waals surface area contributed by atoms with Crippen molar-refractivity contribution in [2.45, 2.75) is 26.5 Å². The molecule has 0 spiro atoms. The van der Waals surface area contributed by atoms with Crippen LogP contribution >= 0.6 is 11.3 Å². The topological polar surface area (TPSA) is 42.4 Å². The zero-order valence-electron chi connectivity index (χ0n) is 11.3. The van der Waals surface area contributed by atoms with E-state index < -0.39 is 0 Å². The van der Waals surface area contributed by atoms with Crippen molar-refractivity contribution >= 4 is 17.4 Å². The van der Waals surface area contributed by atoms with E-state index in [1.165, 1.54) is 22.5 Å². The van der Waals surface area contributed by atoms with Crippen LogP contribution in [0.1, 0.15) is 21.8 Å². The predicted molar refractivity (Wildman–Crippen MR) is 77.6 cm³/mol. The minimum atomic E-state index is -0.257. The fraction of sp³-hybridized carbons (Fsp3) is 0.333. The summed E-state index contributed by atoms with van der Waals surface area (Å²) in [7, 11) is 0. The molecule has 0 atom stereocenters. The molecule has 0 bridgehead atoms. The third kappa shape index (κ3) is 2.82. The van der Waals surface area contributed by atoms with Crippen LogP contribution < -0.4 is 0 Å². The standard InChI is InChI=1S/C15H16N2O2S/c1-11-10-20-14(16-11)9-19-15(18)17-7-6-12-4-2-3-5-13(12)8-17/h2-5,10H,6-9H2,1H3. The molecule has 0 fully saturated rings. The Kier molecular flexibility index (Phi) is 3.69. The number of rotatable bonds is 2. The summed E-state index contributed by atoms with van der Waals surface area (Å²) in [5.74, 6) is 0. The molecule has 104 valence electrons. The second-order valence-corrected chi connectivity index (χ2v) is 5.82. The van der Waals surface area contributed by atoms with E-state index in [2.05, 4.69) is 17.1 Å². The molecule has 4 nitrogen and oxygen atoms in total. The van der Waals surface area contributed by atoms with Crippen molar-refractivity contribution in [3.05, 3.63) is 51.5 Å². The van der Waals surface area contributed by atoms with E-state index in [0.29, 0.717) is 13.1 Å². The van der Waals surface area contributed by atoms with Gasteiger partial charge in [0.25, 0.3) is 0 Å². The SMILES string of the molecule is Cc1csc(COC(=O)N2CCc3ccccc3C2)n1. The van der Waals surface area contributed by atoms with Crippen LogP contribution in [-0.2, 0) is 24.3 Å². The maximum Gasteiger partial charge on any atom is 0.410 e. The third-order valence-corrected chi connectivity index (χ3v) is 4.31. The van der Waals surface area contributed by atoms with Crippen LogP contribution in [0.3, 0.4) is 0 Å². The molecule has 0 aliphatic carbocycles. The summed E-state index contributed by atoms with van der Waals surface area (Å²) in [6, 6.07) is 8.24. The highest BCUT2D eigenvalue weighted by atomic mass is 32.1. The van der Waals surface area contributed by atoms with Gasteiger partial charge in [-0.1, -0.05) is 24.3 Å². The second-order valence-electron chi connectivity index (χ2n) is 4.88. The van der Waals surface area contributed by atoms with Gasteiger partial charge in [0.1, 0.15) is 11.6 Å². The molecule has 20 heavy (non-hydrogen) atoms. The van der Waals surface area contributed by atoms with E-state index in [1.807, 2.05) is 24.4 Å². The Bertz CT molecular complexity index is 624. The number of carbonyl (C=O) groups excluding carboxylic acids is 1. The molecule has 1 aromatic heterocycles. The molecular weight excluding hydrogens is 272 g/mol. The van der Waals surface area contributed by atoms with Crippen molar-refractivity contribution in [1.29, 1.82) is 0 Å². The number of carbonyl (C=O) groups is 1. The van der Waals surface area contributed by atoms with E-state index in [-0.39, 0.29) is 12.7 Å². The van der Waals surface area contributed by atoms with Crippen LogP contribution in [0.25, 0.3) is 0 Å². The lowest BCUT2D eigenvalue weighted by Gasteiger charge is -2.27. The fourth-order valence-corrected chi connectivity index (χ4v) is 3.02. The molecule has 1 aromatic carbocycles. The Balaban J connectivity index is 1.59. The van der Waals surface area contributed by atoms with Gasteiger partial charge in [-0.3, -0.25) is 0 Å². The molecule has 1 aliphatic heterocycles. The number of ether oxygens (including phenoxy) is 1. The van der Waals surface area contributed by atoms with Crippen molar-refractivity contribution in [1.82, 2.24) is 9.88 Å². The van der Waals surface area contributed by atoms with Crippen LogP contribution in [-0.4, -0.2) is 22.5 Å². The maximum atomic E-state index is 12.1. The zero-order valence-corrected chi connectivity index (χ0v) is 12.2. The van der Waals surface area contributed by atoms with Gasteiger partial charge >= 0.3 is 6.09 Å². The van der Waals surface area contributed by atoms with Crippen molar-refractivity contribution in [3.8, 4) is 0 Å². The van der Waals surface area contributed by atoms with Crippen LogP contribution in [0.4, 0.5) is 4.79 Å². The van der Waals surface area contributed by atoms with Crippen LogP contribution in [0.5, 0.6) is 0 Å². The second kappa shape index (κ2) is 5.63. The maximum absolute atomic E-state index is 12.1. The lowest BCUT2D eigenvalue weighted by Crippen LogP contribution is -2.36. The molecule has 1 aliphatic rings. The van der Waals surface area contributed by atoms with Gasteiger partial charge in [-0.25, -0.2) is 9.78 Å². The van der Waals surface area contributed by atoms with Crippen LogP contribution in [0, 0.1) is 6.92 Å². The molecule has 3 rings (SSSR count). The number of benzene rings is 1. The van der Waals surface area contributed by atoms with E-state index in [0.717, 1.165) is 17.1 Å². The summed E-state index contributed by atoms with van der Waals surface area (Å²) in [6.07, 6.45) is 0.633. The summed E-state index contributed by atoms with van der Waals surface area (Å²) in [5.41, 5.74) is 3.50. The molecule has 0 radical (unpaired) electrons. The summed E-state index contributed by atoms with van der Waals surface area (Å²) < 4.78 is 5.33. The van der Waals surface area contributed by atoms with E-state index >= 15 is 0 Å². The number of aromatic nitrogens is 1. The van der Waals surface area contributed by atoms with E-state index in [4.69, 9.17) is 4.74 Å². The number of nitrogens with zero attached hydrogens (tertiary/aromatic N) is 2. The van der Waals surface area contributed by atoms with Gasteiger partial charge in [-0.2, -0.15) is 0 Å². The summed E-state index contributed by atoms with van der Waals surface area (Å²) in [6.45, 7) is 3.54. The molecule has 5 heteroatoms. The van der Waals surface area contributed by atoms with Gasteiger partial charge < -0.3 is 9.64 Å². The van der Waals surface area contributed by atoms with Gasteiger partial charge in [0.2, 0.25) is 0 Å². The molecule has 2 aromatic rings. The monoisotopic (exact) mass is 288 g/mol. The summed E-state index contributed by atoms with van der Waals surface area (Å²) >= 11 is 1.52. The van der Waals surface area contributed by atoms with Gasteiger partial charge in [-0.15, -0.1) is 11.3 Å². The lowest BCUT2D eigenvalue weighted by atomic mass is 10.0. The number of amides is 1. The van der Waals surface area contributed by atoms with Crippen molar-refractivity contribution in [3.63, 3.8) is 0 Å². The molecule has 0 unspecified atom stereocenters. The summed E-state index contributed by atoms with van der Waals surface area (Å²) in [4.78, 5) is 18.1. The van der Waals surface area contributed by atoms with Gasteiger partial charge in [0.05, 0.1) is 0 Å². The zero-order chi connectivity index (χ0) is 13.9. The first-order valence-corrected chi connectivity index (χ1v) is 7.50. The van der Waals surface area contributed by atoms with Crippen LogP contribution in [0.2, 0.25) is 0 Å². The molecule has 2 heterocycles. The molecule has 1 amide bonds. The first-order chi connectivity index (χ1) is 9.72. The highest BCUT2D eigenvalue weighted by molar-refractivity contribution is 7.09. The molecule has 0 saturated heterocycles. The highest BCUT2D eigenvalue weighted by Gasteiger charge is 2.21. The summed E-state index contributed by atoms with van der Waals surface area (Å²) in [5, 5.41) is 2.80. The quantitative estimate of drug-likeness (QED) is 0.852. The Morgan fingerprint density at radius 3 is 2.95 bits per heavy atom. The van der Waals surface area contributed by atoms with Crippen molar-refractivity contribution in [2.75, 3.05) is 6.54 Å². The smallest absolute Gasteiger partial charge is 0.410 e.